The van der Waals surface area contributed by atoms with Gasteiger partial charge in [-0.2, -0.15) is 0 Å². The molecule has 3 rings (SSSR count). The first-order valence-electron chi connectivity index (χ1n) is 6.61. The Hall–Kier alpha value is -1.91. The van der Waals surface area contributed by atoms with E-state index in [9.17, 15) is 5.11 Å². The molecule has 3 aromatic rings. The van der Waals surface area contributed by atoms with Gasteiger partial charge in [-0.25, -0.2) is 0 Å². The van der Waals surface area contributed by atoms with E-state index in [4.69, 9.17) is 4.52 Å². The predicted molar refractivity (Wildman–Crippen MR) is 85.7 cm³/mol. The van der Waals surface area contributed by atoms with Crippen molar-refractivity contribution in [2.75, 3.05) is 0 Å². The third-order valence-electron chi connectivity index (χ3n) is 3.36. The molecule has 1 heterocycles. The highest BCUT2D eigenvalue weighted by molar-refractivity contribution is 9.10. The predicted octanol–water partition coefficient (Wildman–Crippen LogP) is 4.57. The van der Waals surface area contributed by atoms with Gasteiger partial charge in [-0.15, -0.1) is 0 Å². The third kappa shape index (κ3) is 2.77. The highest BCUT2D eigenvalue weighted by Crippen LogP contribution is 2.33. The molecule has 0 spiro atoms. The lowest BCUT2D eigenvalue weighted by atomic mass is 10.0. The number of aromatic nitrogens is 1. The topological polar surface area (TPSA) is 46.3 Å². The summed E-state index contributed by atoms with van der Waals surface area (Å²) in [4.78, 5) is 0. The second-order valence-electron chi connectivity index (χ2n) is 4.87. The fourth-order valence-corrected chi connectivity index (χ4v) is 2.65. The van der Waals surface area contributed by atoms with Gasteiger partial charge in [0.25, 0.3) is 0 Å². The van der Waals surface area contributed by atoms with E-state index in [1.807, 2.05) is 55.5 Å². The quantitative estimate of drug-likeness (QED) is 0.757. The Morgan fingerprint density at radius 2 is 1.86 bits per heavy atom. The summed E-state index contributed by atoms with van der Waals surface area (Å²) >= 11 is 3.44. The summed E-state index contributed by atoms with van der Waals surface area (Å²) in [7, 11) is 0. The second kappa shape index (κ2) is 5.84. The Morgan fingerprint density at radius 3 is 2.52 bits per heavy atom. The van der Waals surface area contributed by atoms with E-state index in [-0.39, 0.29) is 6.61 Å². The molecule has 0 bridgehead atoms. The number of rotatable bonds is 3. The molecule has 2 aromatic carbocycles. The van der Waals surface area contributed by atoms with Crippen LogP contribution in [0.25, 0.3) is 22.6 Å². The molecule has 0 saturated carbocycles. The van der Waals surface area contributed by atoms with Gasteiger partial charge in [-0.05, 0) is 19.1 Å². The number of halogens is 1. The van der Waals surface area contributed by atoms with Crippen molar-refractivity contribution in [3.05, 3.63) is 64.1 Å². The summed E-state index contributed by atoms with van der Waals surface area (Å²) in [5, 5.41) is 13.9. The molecule has 1 aromatic heterocycles. The minimum absolute atomic E-state index is 0.117. The fourth-order valence-electron chi connectivity index (χ4n) is 2.25. The summed E-state index contributed by atoms with van der Waals surface area (Å²) in [5.41, 5.74) is 4.39. The molecular weight excluding hydrogens is 330 g/mol. The third-order valence-corrected chi connectivity index (χ3v) is 3.85. The van der Waals surface area contributed by atoms with E-state index in [2.05, 4.69) is 21.1 Å². The molecule has 0 aliphatic carbocycles. The first-order valence-corrected chi connectivity index (χ1v) is 7.40. The van der Waals surface area contributed by atoms with Crippen molar-refractivity contribution in [1.29, 1.82) is 0 Å². The standard InChI is InChI=1S/C17H14BrNO2/c1-11-5-7-12(8-6-11)17-15(10-20)16(19-21-17)13-3-2-4-14(18)9-13/h2-9,20H,10H2,1H3. The van der Waals surface area contributed by atoms with E-state index in [0.717, 1.165) is 15.6 Å². The minimum Gasteiger partial charge on any atom is -0.391 e. The van der Waals surface area contributed by atoms with Crippen LogP contribution in [-0.4, -0.2) is 10.3 Å². The molecule has 0 unspecified atom stereocenters. The van der Waals surface area contributed by atoms with Gasteiger partial charge < -0.3 is 9.63 Å². The number of aliphatic hydroxyl groups is 1. The molecule has 0 aliphatic heterocycles. The van der Waals surface area contributed by atoms with Crippen LogP contribution in [0, 0.1) is 6.92 Å². The van der Waals surface area contributed by atoms with Crippen molar-refractivity contribution in [3.8, 4) is 22.6 Å². The lowest BCUT2D eigenvalue weighted by Gasteiger charge is -2.02. The van der Waals surface area contributed by atoms with E-state index >= 15 is 0 Å². The second-order valence-corrected chi connectivity index (χ2v) is 5.79. The van der Waals surface area contributed by atoms with E-state index < -0.39 is 0 Å². The lowest BCUT2D eigenvalue weighted by molar-refractivity contribution is 0.281. The largest absolute Gasteiger partial charge is 0.391 e. The lowest BCUT2D eigenvalue weighted by Crippen LogP contribution is -1.89. The van der Waals surface area contributed by atoms with Gasteiger partial charge in [0.2, 0.25) is 0 Å². The zero-order valence-electron chi connectivity index (χ0n) is 11.5. The van der Waals surface area contributed by atoms with Crippen LogP contribution in [0.3, 0.4) is 0 Å². The Balaban J connectivity index is 2.11. The summed E-state index contributed by atoms with van der Waals surface area (Å²) in [6, 6.07) is 15.7. The Morgan fingerprint density at radius 1 is 1.10 bits per heavy atom. The van der Waals surface area contributed by atoms with Crippen molar-refractivity contribution in [1.82, 2.24) is 5.16 Å². The summed E-state index contributed by atoms with van der Waals surface area (Å²) in [6.07, 6.45) is 0. The molecule has 1 N–H and O–H groups in total. The number of hydrogen-bond donors (Lipinski definition) is 1. The molecule has 0 fully saturated rings. The van der Waals surface area contributed by atoms with E-state index in [0.29, 0.717) is 17.0 Å². The molecule has 106 valence electrons. The van der Waals surface area contributed by atoms with Crippen LogP contribution in [0.2, 0.25) is 0 Å². The first-order chi connectivity index (χ1) is 10.2. The van der Waals surface area contributed by atoms with Crippen LogP contribution in [0.15, 0.2) is 57.5 Å². The number of aryl methyl sites for hydroxylation is 1. The molecule has 0 amide bonds. The van der Waals surface area contributed by atoms with Crippen LogP contribution in [0.5, 0.6) is 0 Å². The van der Waals surface area contributed by atoms with Crippen molar-refractivity contribution < 1.29 is 9.63 Å². The SMILES string of the molecule is Cc1ccc(-c2onc(-c3cccc(Br)c3)c2CO)cc1. The maximum Gasteiger partial charge on any atom is 0.173 e. The first kappa shape index (κ1) is 14.0. The van der Waals surface area contributed by atoms with Crippen molar-refractivity contribution in [3.63, 3.8) is 0 Å². The van der Waals surface area contributed by atoms with Crippen LogP contribution in [0.1, 0.15) is 11.1 Å². The van der Waals surface area contributed by atoms with Gasteiger partial charge in [-0.1, -0.05) is 63.0 Å². The van der Waals surface area contributed by atoms with Gasteiger partial charge in [0.05, 0.1) is 12.2 Å². The number of nitrogens with zero attached hydrogens (tertiary/aromatic N) is 1. The van der Waals surface area contributed by atoms with Gasteiger partial charge in [0.15, 0.2) is 5.76 Å². The van der Waals surface area contributed by atoms with E-state index in [1.165, 1.54) is 5.56 Å². The Bertz CT molecular complexity index is 763. The normalized spacial score (nSPS) is 10.8. The molecular formula is C17H14BrNO2. The maximum atomic E-state index is 9.72. The van der Waals surface area contributed by atoms with Crippen molar-refractivity contribution in [2.24, 2.45) is 0 Å². The van der Waals surface area contributed by atoms with Crippen LogP contribution in [0.4, 0.5) is 0 Å². The molecule has 0 radical (unpaired) electrons. The zero-order valence-corrected chi connectivity index (χ0v) is 13.1. The number of hydrogen-bond acceptors (Lipinski definition) is 3. The smallest absolute Gasteiger partial charge is 0.173 e. The van der Waals surface area contributed by atoms with Crippen molar-refractivity contribution >= 4 is 15.9 Å². The summed E-state index contributed by atoms with van der Waals surface area (Å²) in [5.74, 6) is 0.618. The summed E-state index contributed by atoms with van der Waals surface area (Å²) < 4.78 is 6.44. The van der Waals surface area contributed by atoms with Crippen LogP contribution >= 0.6 is 15.9 Å². The molecule has 21 heavy (non-hydrogen) atoms. The fraction of sp³-hybridized carbons (Fsp3) is 0.118. The monoisotopic (exact) mass is 343 g/mol. The highest BCUT2D eigenvalue weighted by atomic mass is 79.9. The van der Waals surface area contributed by atoms with Gasteiger partial charge in [-0.3, -0.25) is 0 Å². The number of benzene rings is 2. The van der Waals surface area contributed by atoms with Crippen molar-refractivity contribution in [2.45, 2.75) is 13.5 Å². The number of aliphatic hydroxyl groups excluding tert-OH is 1. The highest BCUT2D eigenvalue weighted by Gasteiger charge is 2.18. The molecule has 3 nitrogen and oxygen atoms in total. The van der Waals surface area contributed by atoms with Crippen LogP contribution in [-0.2, 0) is 6.61 Å². The molecule has 0 aliphatic rings. The maximum absolute atomic E-state index is 9.72. The molecule has 0 atom stereocenters. The van der Waals surface area contributed by atoms with Gasteiger partial charge >= 0.3 is 0 Å². The summed E-state index contributed by atoms with van der Waals surface area (Å²) in [6.45, 7) is 1.92. The van der Waals surface area contributed by atoms with E-state index in [1.54, 1.807) is 0 Å². The zero-order chi connectivity index (χ0) is 14.8. The average Bonchev–Trinajstić information content (AvgIpc) is 2.92. The van der Waals surface area contributed by atoms with Crippen LogP contribution < -0.4 is 0 Å². The minimum atomic E-state index is -0.117. The Kier molecular flexibility index (Phi) is 3.90. The average molecular weight is 344 g/mol. The van der Waals surface area contributed by atoms with Gasteiger partial charge in [0, 0.05) is 15.6 Å². The molecule has 0 saturated heterocycles. The van der Waals surface area contributed by atoms with Gasteiger partial charge in [0.1, 0.15) is 5.69 Å². The Labute approximate surface area is 131 Å². The molecule has 4 heteroatoms.